The molecule has 0 radical (unpaired) electrons. The molecule has 9 heteroatoms. The molecule has 150 valence electrons. The second-order valence-corrected chi connectivity index (χ2v) is 8.03. The number of benzene rings is 2. The third-order valence-electron chi connectivity index (χ3n) is 3.82. The van der Waals surface area contributed by atoms with E-state index in [4.69, 9.17) is 4.74 Å². The normalized spacial score (nSPS) is 17.5. The van der Waals surface area contributed by atoms with Crippen molar-refractivity contribution in [1.82, 2.24) is 5.32 Å². The maximum absolute atomic E-state index is 12.1. The zero-order valence-corrected chi connectivity index (χ0v) is 18.0. The molecule has 0 unspecified atom stereocenters. The summed E-state index contributed by atoms with van der Waals surface area (Å²) < 4.78 is 6.29. The van der Waals surface area contributed by atoms with E-state index in [9.17, 15) is 9.59 Å². The minimum atomic E-state index is -0.535. The Labute approximate surface area is 181 Å². The smallest absolute Gasteiger partial charge is 0.240 e. The van der Waals surface area contributed by atoms with Crippen LogP contribution in [0.15, 0.2) is 63.2 Å². The summed E-state index contributed by atoms with van der Waals surface area (Å²) in [5.41, 5.74) is 1.53. The molecular formula is C20H19BrN4O3S. The van der Waals surface area contributed by atoms with Gasteiger partial charge < -0.3 is 15.4 Å². The molecule has 7 nitrogen and oxygen atoms in total. The standard InChI is InChI=1S/C20H19BrN4O3S/c1-2-28-16-9-8-13(10-15(16)21)12-22-25-20-24-19(27)17(29-20)11-18(26)23-14-6-4-3-5-7-14/h3-10,12,17H,2,11H2,1H3,(H,23,26)(H,24,25,27)/b22-12-/t17-/m0/s1. The summed E-state index contributed by atoms with van der Waals surface area (Å²) in [7, 11) is 0. The van der Waals surface area contributed by atoms with Crippen LogP contribution in [0.1, 0.15) is 18.9 Å². The average molecular weight is 475 g/mol. The molecule has 2 aromatic carbocycles. The quantitative estimate of drug-likeness (QED) is 0.471. The topological polar surface area (TPSA) is 92.2 Å². The zero-order valence-electron chi connectivity index (χ0n) is 15.6. The largest absolute Gasteiger partial charge is 0.493 e. The summed E-state index contributed by atoms with van der Waals surface area (Å²) in [5.74, 6) is 0.273. The molecule has 1 heterocycles. The average Bonchev–Trinajstić information content (AvgIpc) is 3.04. The molecule has 1 atom stereocenters. The molecule has 1 aliphatic heterocycles. The molecule has 2 amide bonds. The van der Waals surface area contributed by atoms with Crippen molar-refractivity contribution in [2.75, 3.05) is 11.9 Å². The van der Waals surface area contributed by atoms with Gasteiger partial charge in [0.25, 0.3) is 0 Å². The molecule has 0 spiro atoms. The molecule has 2 aromatic rings. The molecule has 0 aliphatic carbocycles. The van der Waals surface area contributed by atoms with Gasteiger partial charge in [-0.1, -0.05) is 30.0 Å². The van der Waals surface area contributed by atoms with E-state index in [1.165, 1.54) is 11.8 Å². The first kappa shape index (κ1) is 21.1. The van der Waals surface area contributed by atoms with Gasteiger partial charge in [0.2, 0.25) is 11.8 Å². The number of rotatable bonds is 7. The van der Waals surface area contributed by atoms with Crippen LogP contribution >= 0.6 is 27.7 Å². The Morgan fingerprint density at radius 3 is 2.83 bits per heavy atom. The van der Waals surface area contributed by atoms with Gasteiger partial charge >= 0.3 is 0 Å². The third-order valence-corrected chi connectivity index (χ3v) is 5.51. The fraction of sp³-hybridized carbons (Fsp3) is 0.200. The number of nitrogens with one attached hydrogen (secondary N) is 2. The van der Waals surface area contributed by atoms with Crippen LogP contribution in [0.3, 0.4) is 0 Å². The number of halogens is 1. The summed E-state index contributed by atoms with van der Waals surface area (Å²) in [6, 6.07) is 14.7. The molecule has 1 fully saturated rings. The van der Waals surface area contributed by atoms with Crippen molar-refractivity contribution in [3.05, 3.63) is 58.6 Å². The number of amides is 2. The van der Waals surface area contributed by atoms with Crippen molar-refractivity contribution < 1.29 is 14.3 Å². The number of carbonyl (C=O) groups is 2. The molecule has 3 rings (SSSR count). The number of anilines is 1. The van der Waals surface area contributed by atoms with Crippen LogP contribution < -0.4 is 15.4 Å². The van der Waals surface area contributed by atoms with Gasteiger partial charge in [0.05, 0.1) is 17.3 Å². The van der Waals surface area contributed by atoms with Crippen molar-refractivity contribution in [3.63, 3.8) is 0 Å². The highest BCUT2D eigenvalue weighted by Gasteiger charge is 2.32. The predicted molar refractivity (Wildman–Crippen MR) is 120 cm³/mol. The number of hydrogen-bond donors (Lipinski definition) is 2. The van der Waals surface area contributed by atoms with Crippen LogP contribution in [-0.4, -0.2) is 35.1 Å². The summed E-state index contributed by atoms with van der Waals surface area (Å²) >= 11 is 4.64. The highest BCUT2D eigenvalue weighted by molar-refractivity contribution is 9.10. The monoisotopic (exact) mass is 474 g/mol. The van der Waals surface area contributed by atoms with Gasteiger partial charge in [0, 0.05) is 12.1 Å². The van der Waals surface area contributed by atoms with Crippen LogP contribution in [0.4, 0.5) is 5.69 Å². The number of thioether (sulfide) groups is 1. The van der Waals surface area contributed by atoms with Crippen molar-refractivity contribution in [3.8, 4) is 5.75 Å². The Balaban J connectivity index is 1.55. The van der Waals surface area contributed by atoms with Crippen LogP contribution in [0.2, 0.25) is 0 Å². The van der Waals surface area contributed by atoms with E-state index >= 15 is 0 Å². The molecule has 1 aliphatic rings. The Kier molecular flexibility index (Phi) is 7.42. The minimum Gasteiger partial charge on any atom is -0.493 e. The molecule has 1 saturated heterocycles. The van der Waals surface area contributed by atoms with Gasteiger partial charge in [-0.15, -0.1) is 5.10 Å². The molecule has 0 saturated carbocycles. The Bertz CT molecular complexity index is 950. The molecule has 0 bridgehead atoms. The molecule has 29 heavy (non-hydrogen) atoms. The number of amidine groups is 1. The third kappa shape index (κ3) is 6.16. The fourth-order valence-electron chi connectivity index (χ4n) is 2.51. The lowest BCUT2D eigenvalue weighted by molar-refractivity contribution is -0.122. The lowest BCUT2D eigenvalue weighted by Gasteiger charge is -2.06. The van der Waals surface area contributed by atoms with E-state index in [0.717, 1.165) is 15.8 Å². The van der Waals surface area contributed by atoms with Gasteiger partial charge in [-0.05, 0) is 58.7 Å². The Morgan fingerprint density at radius 2 is 2.10 bits per heavy atom. The summed E-state index contributed by atoms with van der Waals surface area (Å²) in [6.07, 6.45) is 1.63. The number of para-hydroxylation sites is 1. The van der Waals surface area contributed by atoms with Crippen LogP contribution in [-0.2, 0) is 9.59 Å². The van der Waals surface area contributed by atoms with E-state index < -0.39 is 5.25 Å². The SMILES string of the molecule is CCOc1ccc(/C=N\N=C2\NC(=O)[C@H](CC(=O)Nc3ccccc3)S2)cc1Br. The number of hydrogen-bond acceptors (Lipinski definition) is 6. The number of carbonyl (C=O) groups excluding carboxylic acids is 2. The van der Waals surface area contributed by atoms with Gasteiger partial charge in [-0.2, -0.15) is 5.10 Å². The van der Waals surface area contributed by atoms with Gasteiger partial charge in [0.15, 0.2) is 5.17 Å². The summed E-state index contributed by atoms with van der Waals surface area (Å²) in [6.45, 7) is 2.51. The van der Waals surface area contributed by atoms with E-state index in [-0.39, 0.29) is 18.2 Å². The lowest BCUT2D eigenvalue weighted by Crippen LogP contribution is -2.28. The number of ether oxygens (including phenoxy) is 1. The minimum absolute atomic E-state index is 0.0555. The van der Waals surface area contributed by atoms with E-state index in [0.29, 0.717) is 17.5 Å². The second kappa shape index (κ2) is 10.2. The zero-order chi connectivity index (χ0) is 20.6. The number of nitrogens with zero attached hydrogens (tertiary/aromatic N) is 2. The van der Waals surface area contributed by atoms with Crippen molar-refractivity contribution >= 4 is 56.6 Å². The van der Waals surface area contributed by atoms with E-state index in [1.807, 2.05) is 43.3 Å². The van der Waals surface area contributed by atoms with Crippen LogP contribution in [0.25, 0.3) is 0 Å². The van der Waals surface area contributed by atoms with Crippen molar-refractivity contribution in [1.29, 1.82) is 0 Å². The van der Waals surface area contributed by atoms with Crippen molar-refractivity contribution in [2.24, 2.45) is 10.2 Å². The first-order chi connectivity index (χ1) is 14.0. The van der Waals surface area contributed by atoms with Gasteiger partial charge in [-0.25, -0.2) is 0 Å². The highest BCUT2D eigenvalue weighted by Crippen LogP contribution is 2.26. The first-order valence-electron chi connectivity index (χ1n) is 8.91. The second-order valence-electron chi connectivity index (χ2n) is 5.99. The van der Waals surface area contributed by atoms with Crippen molar-refractivity contribution in [2.45, 2.75) is 18.6 Å². The fourth-order valence-corrected chi connectivity index (χ4v) is 3.94. The lowest BCUT2D eigenvalue weighted by atomic mass is 10.2. The van der Waals surface area contributed by atoms with Crippen LogP contribution in [0.5, 0.6) is 5.75 Å². The maximum atomic E-state index is 12.1. The summed E-state index contributed by atoms with van der Waals surface area (Å²) in [5, 5.41) is 13.3. The Hall–Kier alpha value is -2.65. The molecule has 2 N–H and O–H groups in total. The molecule has 0 aromatic heterocycles. The maximum Gasteiger partial charge on any atom is 0.240 e. The Morgan fingerprint density at radius 1 is 1.31 bits per heavy atom. The predicted octanol–water partition coefficient (Wildman–Crippen LogP) is 3.80. The van der Waals surface area contributed by atoms with E-state index in [2.05, 4.69) is 36.8 Å². The van der Waals surface area contributed by atoms with E-state index in [1.54, 1.807) is 18.3 Å². The molecular weight excluding hydrogens is 456 g/mol. The summed E-state index contributed by atoms with van der Waals surface area (Å²) in [4.78, 5) is 24.2. The van der Waals surface area contributed by atoms with Gasteiger partial charge in [0.1, 0.15) is 11.0 Å². The first-order valence-corrected chi connectivity index (χ1v) is 10.6. The van der Waals surface area contributed by atoms with Crippen LogP contribution in [0, 0.1) is 0 Å². The van der Waals surface area contributed by atoms with Gasteiger partial charge in [-0.3, -0.25) is 9.59 Å². The highest BCUT2D eigenvalue weighted by atomic mass is 79.9.